The number of aliphatic hydroxyl groups is 1. The van der Waals surface area contributed by atoms with Gasteiger partial charge in [0.1, 0.15) is 0 Å². The van der Waals surface area contributed by atoms with E-state index in [1.54, 1.807) is 6.92 Å². The van der Waals surface area contributed by atoms with E-state index in [0.29, 0.717) is 32.6 Å². The van der Waals surface area contributed by atoms with Gasteiger partial charge in [-0.2, -0.15) is 0 Å². The van der Waals surface area contributed by atoms with E-state index in [1.807, 2.05) is 41.0 Å². The summed E-state index contributed by atoms with van der Waals surface area (Å²) in [7, 11) is 0. The van der Waals surface area contributed by atoms with Crippen LogP contribution < -0.4 is 0 Å². The Morgan fingerprint density at radius 2 is 1.62 bits per heavy atom. The molecule has 0 spiro atoms. The number of hydrogen-bond donors (Lipinski definition) is 1. The molecule has 6 heteroatoms. The van der Waals surface area contributed by atoms with E-state index in [4.69, 9.17) is 0 Å². The summed E-state index contributed by atoms with van der Waals surface area (Å²) >= 11 is 0. The maximum absolute atomic E-state index is 12.9. The number of likely N-dealkylation sites (tertiary alicyclic amines) is 1. The molecule has 6 nitrogen and oxygen atoms in total. The van der Waals surface area contributed by atoms with Crippen molar-refractivity contribution < 1.29 is 14.7 Å². The van der Waals surface area contributed by atoms with E-state index in [2.05, 4.69) is 4.90 Å². The first-order valence-corrected chi connectivity index (χ1v) is 9.50. The minimum absolute atomic E-state index is 0.0531. The number of benzene rings is 1. The quantitative estimate of drug-likeness (QED) is 0.860. The van der Waals surface area contributed by atoms with Gasteiger partial charge in [0.05, 0.1) is 6.10 Å². The average molecular weight is 359 g/mol. The van der Waals surface area contributed by atoms with Crippen LogP contribution in [0.1, 0.15) is 35.7 Å². The molecule has 1 aromatic carbocycles. The first kappa shape index (κ1) is 18.9. The van der Waals surface area contributed by atoms with Gasteiger partial charge in [-0.3, -0.25) is 14.5 Å². The van der Waals surface area contributed by atoms with Crippen molar-refractivity contribution in [2.45, 2.75) is 38.8 Å². The van der Waals surface area contributed by atoms with Crippen molar-refractivity contribution in [3.05, 3.63) is 35.4 Å². The number of aryl methyl sites for hydroxylation is 1. The largest absolute Gasteiger partial charge is 0.391 e. The lowest BCUT2D eigenvalue weighted by molar-refractivity contribution is -0.131. The van der Waals surface area contributed by atoms with Gasteiger partial charge in [0.15, 0.2) is 0 Å². The van der Waals surface area contributed by atoms with Crippen molar-refractivity contribution in [2.75, 3.05) is 39.3 Å². The molecule has 3 rings (SSSR count). The van der Waals surface area contributed by atoms with E-state index in [-0.39, 0.29) is 17.9 Å². The van der Waals surface area contributed by atoms with Gasteiger partial charge in [0.2, 0.25) is 5.91 Å². The third-order valence-corrected chi connectivity index (χ3v) is 5.73. The smallest absolute Gasteiger partial charge is 0.254 e. The Labute approximate surface area is 155 Å². The summed E-state index contributed by atoms with van der Waals surface area (Å²) in [4.78, 5) is 30.4. The molecular weight excluding hydrogens is 330 g/mol. The predicted octanol–water partition coefficient (Wildman–Crippen LogP) is 1.12. The minimum atomic E-state index is -0.437. The fourth-order valence-corrected chi connectivity index (χ4v) is 4.05. The van der Waals surface area contributed by atoms with Crippen LogP contribution in [-0.4, -0.2) is 83.0 Å². The number of rotatable bonds is 2. The Kier molecular flexibility index (Phi) is 5.94. The molecule has 0 bridgehead atoms. The molecule has 26 heavy (non-hydrogen) atoms. The fraction of sp³-hybridized carbons (Fsp3) is 0.600. The number of aliphatic hydroxyl groups excluding tert-OH is 1. The third-order valence-electron chi connectivity index (χ3n) is 5.73. The summed E-state index contributed by atoms with van der Waals surface area (Å²) in [6.07, 6.45) is 0.919. The molecule has 0 unspecified atom stereocenters. The molecule has 0 aromatic heterocycles. The second-order valence-corrected chi connectivity index (χ2v) is 7.36. The highest BCUT2D eigenvalue weighted by Gasteiger charge is 2.33. The van der Waals surface area contributed by atoms with Gasteiger partial charge in [-0.1, -0.05) is 18.2 Å². The zero-order valence-corrected chi connectivity index (χ0v) is 15.7. The molecule has 2 fully saturated rings. The van der Waals surface area contributed by atoms with Crippen molar-refractivity contribution in [3.8, 4) is 0 Å². The van der Waals surface area contributed by atoms with Gasteiger partial charge in [0.25, 0.3) is 5.91 Å². The number of nitrogens with zero attached hydrogens (tertiary/aromatic N) is 3. The summed E-state index contributed by atoms with van der Waals surface area (Å²) in [5.74, 6) is 0.165. The standard InChI is InChI=1S/C20H29N3O3/c1-15-5-3-4-6-17(15)20(26)23-9-7-18(19(25)8-10-23)22-13-11-21(12-14-22)16(2)24/h3-6,18-19,25H,7-14H2,1-2H3/t18-,19-/m0/s1. The molecule has 0 saturated carbocycles. The highest BCUT2D eigenvalue weighted by atomic mass is 16.3. The van der Waals surface area contributed by atoms with Crippen LogP contribution in [-0.2, 0) is 4.79 Å². The number of hydrogen-bond acceptors (Lipinski definition) is 4. The van der Waals surface area contributed by atoms with E-state index in [1.165, 1.54) is 0 Å². The van der Waals surface area contributed by atoms with Crippen LogP contribution in [0.25, 0.3) is 0 Å². The molecule has 1 N–H and O–H groups in total. The molecule has 2 amide bonds. The fourth-order valence-electron chi connectivity index (χ4n) is 4.05. The maximum atomic E-state index is 12.9. The van der Waals surface area contributed by atoms with E-state index in [9.17, 15) is 14.7 Å². The van der Waals surface area contributed by atoms with Gasteiger partial charge in [-0.05, 0) is 31.4 Å². The second kappa shape index (κ2) is 8.18. The Bertz CT molecular complexity index is 655. The van der Waals surface area contributed by atoms with Crippen LogP contribution in [0, 0.1) is 6.92 Å². The average Bonchev–Trinajstić information content (AvgIpc) is 2.83. The highest BCUT2D eigenvalue weighted by Crippen LogP contribution is 2.21. The summed E-state index contributed by atoms with van der Waals surface area (Å²) in [5.41, 5.74) is 1.73. The summed E-state index contributed by atoms with van der Waals surface area (Å²) in [6.45, 7) is 7.79. The van der Waals surface area contributed by atoms with Crippen LogP contribution in [0.4, 0.5) is 0 Å². The Morgan fingerprint density at radius 1 is 0.962 bits per heavy atom. The number of piperazine rings is 1. The van der Waals surface area contributed by atoms with Crippen LogP contribution in [0.3, 0.4) is 0 Å². The lowest BCUT2D eigenvalue weighted by atomic mass is 10.0. The van der Waals surface area contributed by atoms with Crippen molar-refractivity contribution in [1.82, 2.24) is 14.7 Å². The Morgan fingerprint density at radius 3 is 2.27 bits per heavy atom. The van der Waals surface area contributed by atoms with Crippen LogP contribution in [0.15, 0.2) is 24.3 Å². The Hall–Kier alpha value is -1.92. The molecule has 2 saturated heterocycles. The molecule has 2 atom stereocenters. The van der Waals surface area contributed by atoms with Gasteiger partial charge in [0, 0.05) is 57.8 Å². The van der Waals surface area contributed by atoms with Crippen molar-refractivity contribution in [2.24, 2.45) is 0 Å². The third kappa shape index (κ3) is 4.07. The molecule has 0 aliphatic carbocycles. The number of carbonyl (C=O) groups excluding carboxylic acids is 2. The van der Waals surface area contributed by atoms with E-state index in [0.717, 1.165) is 30.6 Å². The number of amides is 2. The summed E-state index contributed by atoms with van der Waals surface area (Å²) in [6, 6.07) is 7.72. The topological polar surface area (TPSA) is 64.1 Å². The van der Waals surface area contributed by atoms with Crippen LogP contribution in [0.5, 0.6) is 0 Å². The second-order valence-electron chi connectivity index (χ2n) is 7.36. The zero-order chi connectivity index (χ0) is 18.7. The van der Waals surface area contributed by atoms with Crippen molar-refractivity contribution in [1.29, 1.82) is 0 Å². The Balaban J connectivity index is 1.63. The van der Waals surface area contributed by atoms with Gasteiger partial charge >= 0.3 is 0 Å². The summed E-state index contributed by atoms with van der Waals surface area (Å²) in [5, 5.41) is 10.6. The molecule has 2 heterocycles. The van der Waals surface area contributed by atoms with Crippen molar-refractivity contribution >= 4 is 11.8 Å². The molecular formula is C20H29N3O3. The zero-order valence-electron chi connectivity index (χ0n) is 15.7. The van der Waals surface area contributed by atoms with E-state index >= 15 is 0 Å². The number of carbonyl (C=O) groups is 2. The highest BCUT2D eigenvalue weighted by molar-refractivity contribution is 5.95. The van der Waals surface area contributed by atoms with Gasteiger partial charge in [-0.15, -0.1) is 0 Å². The predicted molar refractivity (Wildman–Crippen MR) is 99.9 cm³/mol. The monoisotopic (exact) mass is 359 g/mol. The molecule has 142 valence electrons. The molecule has 0 radical (unpaired) electrons. The normalized spacial score (nSPS) is 25.0. The molecule has 2 aliphatic heterocycles. The van der Waals surface area contributed by atoms with E-state index < -0.39 is 6.10 Å². The lowest BCUT2D eigenvalue weighted by Gasteiger charge is -2.40. The van der Waals surface area contributed by atoms with Gasteiger partial charge < -0.3 is 14.9 Å². The first-order chi connectivity index (χ1) is 12.5. The first-order valence-electron chi connectivity index (χ1n) is 9.50. The molecule has 2 aliphatic rings. The molecule has 1 aromatic rings. The SMILES string of the molecule is CC(=O)N1CCN([C@H]2CCN(C(=O)c3ccccc3C)CC[C@@H]2O)CC1. The van der Waals surface area contributed by atoms with Crippen LogP contribution in [0.2, 0.25) is 0 Å². The van der Waals surface area contributed by atoms with Gasteiger partial charge in [-0.25, -0.2) is 0 Å². The maximum Gasteiger partial charge on any atom is 0.254 e. The summed E-state index contributed by atoms with van der Waals surface area (Å²) < 4.78 is 0. The lowest BCUT2D eigenvalue weighted by Crippen LogP contribution is -2.54. The minimum Gasteiger partial charge on any atom is -0.391 e. The van der Waals surface area contributed by atoms with Crippen molar-refractivity contribution in [3.63, 3.8) is 0 Å². The van der Waals surface area contributed by atoms with Crippen LogP contribution >= 0.6 is 0 Å².